The molecule has 2 atom stereocenters. The molecule has 2 aliphatic heterocycles. The fraction of sp³-hybridized carbons (Fsp3) is 0.652. The van der Waals surface area contributed by atoms with E-state index < -0.39 is 0 Å². The molecule has 5 nitrogen and oxygen atoms in total. The molecular weight excluding hydrogens is 352 g/mol. The highest BCUT2D eigenvalue weighted by Crippen LogP contribution is 2.43. The van der Waals surface area contributed by atoms with Crippen molar-refractivity contribution < 1.29 is 14.7 Å². The molecule has 152 valence electrons. The van der Waals surface area contributed by atoms with Crippen LogP contribution in [0.15, 0.2) is 18.2 Å². The molecule has 0 spiro atoms. The van der Waals surface area contributed by atoms with E-state index in [2.05, 4.69) is 11.0 Å². The molecular formula is C23H32N2O3. The van der Waals surface area contributed by atoms with E-state index in [-0.39, 0.29) is 17.2 Å². The first-order chi connectivity index (χ1) is 13.4. The highest BCUT2D eigenvalue weighted by atomic mass is 16.3. The Bertz CT molecular complexity index is 753. The van der Waals surface area contributed by atoms with Crippen molar-refractivity contribution in [1.29, 1.82) is 0 Å². The lowest BCUT2D eigenvalue weighted by molar-refractivity contribution is -0.152. The summed E-state index contributed by atoms with van der Waals surface area (Å²) in [5.41, 5.74) is 2.29. The molecule has 0 aromatic heterocycles. The van der Waals surface area contributed by atoms with E-state index in [1.165, 1.54) is 10.5 Å². The average molecular weight is 385 g/mol. The van der Waals surface area contributed by atoms with Gasteiger partial charge in [0, 0.05) is 31.3 Å². The monoisotopic (exact) mass is 384 g/mol. The minimum atomic E-state index is -0.194. The van der Waals surface area contributed by atoms with Crippen LogP contribution in [0.1, 0.15) is 69.4 Å². The predicted molar refractivity (Wildman–Crippen MR) is 108 cm³/mol. The highest BCUT2D eigenvalue weighted by molar-refractivity contribution is 5.98. The van der Waals surface area contributed by atoms with E-state index in [9.17, 15) is 14.7 Å². The predicted octanol–water partition coefficient (Wildman–Crippen LogP) is 3.45. The van der Waals surface area contributed by atoms with Gasteiger partial charge in [-0.05, 0) is 67.8 Å². The third kappa shape index (κ3) is 3.69. The van der Waals surface area contributed by atoms with Gasteiger partial charge in [0.2, 0.25) is 11.8 Å². The van der Waals surface area contributed by atoms with Gasteiger partial charge in [0.05, 0.1) is 0 Å². The van der Waals surface area contributed by atoms with Gasteiger partial charge in [0.15, 0.2) is 0 Å². The second-order valence-corrected chi connectivity index (χ2v) is 9.55. The fourth-order valence-electron chi connectivity index (χ4n) is 5.49. The van der Waals surface area contributed by atoms with Crippen molar-refractivity contribution in [3.05, 3.63) is 29.3 Å². The molecule has 2 amide bonds. The Morgan fingerprint density at radius 3 is 2.54 bits per heavy atom. The second-order valence-electron chi connectivity index (χ2n) is 9.55. The van der Waals surface area contributed by atoms with Crippen LogP contribution in [-0.4, -0.2) is 52.4 Å². The topological polar surface area (TPSA) is 60.9 Å². The van der Waals surface area contributed by atoms with Gasteiger partial charge in [-0.1, -0.05) is 26.0 Å². The Kier molecular flexibility index (Phi) is 5.21. The summed E-state index contributed by atoms with van der Waals surface area (Å²) in [4.78, 5) is 28.6. The van der Waals surface area contributed by atoms with Crippen LogP contribution >= 0.6 is 0 Å². The number of imide groups is 1. The molecule has 1 aliphatic carbocycles. The number of hydrogen-bond acceptors (Lipinski definition) is 4. The zero-order valence-electron chi connectivity index (χ0n) is 17.1. The molecule has 28 heavy (non-hydrogen) atoms. The van der Waals surface area contributed by atoms with Crippen molar-refractivity contribution >= 4 is 11.8 Å². The Morgan fingerprint density at radius 1 is 1.07 bits per heavy atom. The number of rotatable bonds is 5. The Morgan fingerprint density at radius 2 is 1.79 bits per heavy atom. The summed E-state index contributed by atoms with van der Waals surface area (Å²) in [7, 11) is 0. The van der Waals surface area contributed by atoms with Crippen molar-refractivity contribution in [3.63, 3.8) is 0 Å². The highest BCUT2D eigenvalue weighted by Gasteiger charge is 2.39. The molecule has 2 saturated heterocycles. The minimum Gasteiger partial charge on any atom is -0.508 e. The lowest BCUT2D eigenvalue weighted by atomic mass is 9.79. The van der Waals surface area contributed by atoms with Gasteiger partial charge in [0.1, 0.15) is 5.75 Å². The molecule has 0 saturated carbocycles. The van der Waals surface area contributed by atoms with Gasteiger partial charge >= 0.3 is 0 Å². The van der Waals surface area contributed by atoms with E-state index in [0.29, 0.717) is 37.1 Å². The second kappa shape index (κ2) is 7.51. The first-order valence-corrected chi connectivity index (χ1v) is 10.7. The van der Waals surface area contributed by atoms with E-state index in [4.69, 9.17) is 0 Å². The molecule has 0 bridgehead atoms. The number of piperidine rings is 1. The number of unbranched alkanes of at least 4 members (excludes halogenated alkanes) is 1. The zero-order valence-corrected chi connectivity index (χ0v) is 17.1. The van der Waals surface area contributed by atoms with E-state index in [1.807, 2.05) is 19.9 Å². The number of phenols is 1. The normalized spacial score (nSPS) is 27.0. The van der Waals surface area contributed by atoms with E-state index in [1.54, 1.807) is 6.07 Å². The third-order valence-electron chi connectivity index (χ3n) is 6.88. The first-order valence-electron chi connectivity index (χ1n) is 10.7. The molecule has 0 unspecified atom stereocenters. The van der Waals surface area contributed by atoms with Gasteiger partial charge in [-0.15, -0.1) is 0 Å². The molecule has 1 aromatic rings. The number of hydrogen-bond donors (Lipinski definition) is 1. The van der Waals surface area contributed by atoms with Crippen molar-refractivity contribution in [1.82, 2.24) is 9.80 Å². The van der Waals surface area contributed by atoms with Crippen molar-refractivity contribution in [2.75, 3.05) is 19.6 Å². The summed E-state index contributed by atoms with van der Waals surface area (Å²) in [6.45, 7) is 6.67. The number of fused-ring (bicyclic) bond motifs is 3. The number of carbonyl (C=O) groups excluding carboxylic acids is 2. The maximum atomic E-state index is 12.3. The minimum absolute atomic E-state index is 0.00817. The molecule has 1 N–H and O–H groups in total. The van der Waals surface area contributed by atoms with Gasteiger partial charge < -0.3 is 5.11 Å². The first kappa shape index (κ1) is 19.4. The Labute approximate surface area is 167 Å². The van der Waals surface area contributed by atoms with Crippen LogP contribution in [0.5, 0.6) is 5.75 Å². The molecule has 3 aliphatic rings. The number of carbonyl (C=O) groups is 2. The van der Waals surface area contributed by atoms with Crippen molar-refractivity contribution in [2.24, 2.45) is 5.41 Å². The molecule has 4 rings (SSSR count). The molecule has 2 fully saturated rings. The van der Waals surface area contributed by atoms with Gasteiger partial charge in [0.25, 0.3) is 0 Å². The molecule has 5 heteroatoms. The van der Waals surface area contributed by atoms with Crippen LogP contribution in [0.2, 0.25) is 0 Å². The van der Waals surface area contributed by atoms with Gasteiger partial charge in [-0.25, -0.2) is 0 Å². The molecule has 1 aromatic carbocycles. The average Bonchev–Trinajstić information content (AvgIpc) is 3.03. The largest absolute Gasteiger partial charge is 0.508 e. The van der Waals surface area contributed by atoms with Crippen LogP contribution in [0, 0.1) is 5.41 Å². The summed E-state index contributed by atoms with van der Waals surface area (Å²) >= 11 is 0. The van der Waals surface area contributed by atoms with Gasteiger partial charge in [-0.3, -0.25) is 19.4 Å². The van der Waals surface area contributed by atoms with Crippen LogP contribution in [0.25, 0.3) is 0 Å². The number of benzene rings is 1. The summed E-state index contributed by atoms with van der Waals surface area (Å²) < 4.78 is 0. The Balaban J connectivity index is 1.28. The molecule has 2 heterocycles. The Hall–Kier alpha value is -1.88. The quantitative estimate of drug-likeness (QED) is 0.624. The lowest BCUT2D eigenvalue weighted by Crippen LogP contribution is -2.46. The number of amides is 2. The van der Waals surface area contributed by atoms with E-state index >= 15 is 0 Å². The van der Waals surface area contributed by atoms with Crippen LogP contribution < -0.4 is 0 Å². The number of phenolic OH excluding ortho intramolecular Hbond substituents is 1. The smallest absolute Gasteiger partial charge is 0.229 e. The van der Waals surface area contributed by atoms with Crippen LogP contribution in [0.4, 0.5) is 0 Å². The SMILES string of the molecule is CC1(C)CC(=O)N(CCCCN2CC[C@H]3c4cccc(O)c4CC[C@H]32)C(=O)C1. The number of likely N-dealkylation sites (tertiary alicyclic amines) is 2. The van der Waals surface area contributed by atoms with Crippen molar-refractivity contribution in [2.45, 2.75) is 70.8 Å². The summed E-state index contributed by atoms with van der Waals surface area (Å²) in [6.07, 6.45) is 6.04. The fourth-order valence-corrected chi connectivity index (χ4v) is 5.49. The summed E-state index contributed by atoms with van der Waals surface area (Å²) in [5.74, 6) is 0.967. The van der Waals surface area contributed by atoms with Crippen molar-refractivity contribution in [3.8, 4) is 5.75 Å². The maximum Gasteiger partial charge on any atom is 0.229 e. The van der Waals surface area contributed by atoms with Crippen LogP contribution in [0.3, 0.4) is 0 Å². The third-order valence-corrected chi connectivity index (χ3v) is 6.88. The van der Waals surface area contributed by atoms with Crippen LogP contribution in [-0.2, 0) is 16.0 Å². The van der Waals surface area contributed by atoms with E-state index in [0.717, 1.165) is 50.8 Å². The molecule has 0 radical (unpaired) electrons. The standard InChI is InChI=1S/C23H32N2O3/c1-23(2)14-21(27)25(22(28)15-23)12-4-3-11-24-13-10-17-16-6-5-7-20(26)18(16)8-9-19(17)24/h5-7,17,19,26H,3-4,8-15H2,1-2H3/t17-,19+/m0/s1. The number of aromatic hydroxyl groups is 1. The summed E-state index contributed by atoms with van der Waals surface area (Å²) in [6, 6.07) is 6.52. The lowest BCUT2D eigenvalue weighted by Gasteiger charge is -2.35. The van der Waals surface area contributed by atoms with Gasteiger partial charge in [-0.2, -0.15) is 0 Å². The maximum absolute atomic E-state index is 12.3. The number of nitrogens with zero attached hydrogens (tertiary/aromatic N) is 2. The summed E-state index contributed by atoms with van der Waals surface area (Å²) in [5, 5.41) is 10.1. The zero-order chi connectivity index (χ0) is 19.9.